The van der Waals surface area contributed by atoms with Crippen molar-refractivity contribution < 1.29 is 17.3 Å². The molecule has 0 atom stereocenters. The van der Waals surface area contributed by atoms with Crippen LogP contribution in [0, 0.1) is 5.82 Å². The minimum absolute atomic E-state index is 0.157. The number of benzene rings is 1. The lowest BCUT2D eigenvalue weighted by molar-refractivity contribution is 0.409. The molecule has 0 aliphatic carbocycles. The van der Waals surface area contributed by atoms with Gasteiger partial charge in [0.05, 0.1) is 6.54 Å². The Bertz CT molecular complexity index is 721. The molecule has 10 heteroatoms. The third-order valence-corrected chi connectivity index (χ3v) is 4.42. The van der Waals surface area contributed by atoms with Crippen molar-refractivity contribution in [3.8, 4) is 0 Å². The van der Waals surface area contributed by atoms with Gasteiger partial charge in [-0.3, -0.25) is 0 Å². The molecule has 7 nitrogen and oxygen atoms in total. The van der Waals surface area contributed by atoms with Crippen molar-refractivity contribution in [3.05, 3.63) is 40.2 Å². The molecule has 0 aliphatic rings. The number of halogens is 2. The second kappa shape index (κ2) is 6.60. The van der Waals surface area contributed by atoms with E-state index in [1.165, 1.54) is 12.1 Å². The van der Waals surface area contributed by atoms with E-state index >= 15 is 0 Å². The Kier molecular flexibility index (Phi) is 5.04. The molecule has 0 radical (unpaired) electrons. The Morgan fingerprint density at radius 1 is 1.38 bits per heavy atom. The van der Waals surface area contributed by atoms with E-state index in [1.807, 2.05) is 0 Å². The minimum Gasteiger partial charge on any atom is -0.343 e. The smallest absolute Gasteiger partial charge is 0.243 e. The Morgan fingerprint density at radius 3 is 2.76 bits per heavy atom. The van der Waals surface area contributed by atoms with Crippen molar-refractivity contribution in [1.29, 1.82) is 0 Å². The topological polar surface area (TPSA) is 97.1 Å². The zero-order valence-electron chi connectivity index (χ0n) is 10.9. The molecule has 2 rings (SSSR count). The molecule has 0 saturated heterocycles. The molecule has 1 aromatic heterocycles. The van der Waals surface area contributed by atoms with Gasteiger partial charge in [-0.15, -0.1) is 0 Å². The monoisotopic (exact) mass is 378 g/mol. The molecule has 0 fully saturated rings. The van der Waals surface area contributed by atoms with Gasteiger partial charge >= 0.3 is 0 Å². The average molecular weight is 379 g/mol. The lowest BCUT2D eigenvalue weighted by Gasteiger charge is -2.10. The van der Waals surface area contributed by atoms with Crippen LogP contribution in [0.25, 0.3) is 0 Å². The van der Waals surface area contributed by atoms with Gasteiger partial charge in [0, 0.05) is 16.6 Å². The molecule has 0 spiro atoms. The van der Waals surface area contributed by atoms with Crippen LogP contribution in [-0.4, -0.2) is 25.6 Å². The summed E-state index contributed by atoms with van der Waals surface area (Å²) < 4.78 is 45.8. The van der Waals surface area contributed by atoms with Crippen molar-refractivity contribution in [3.63, 3.8) is 0 Å². The Labute approximate surface area is 129 Å². The van der Waals surface area contributed by atoms with Crippen LogP contribution in [0.3, 0.4) is 0 Å². The molecular formula is C11H12BrFN4O3S. The highest BCUT2D eigenvalue weighted by Crippen LogP contribution is 2.24. The molecule has 114 valence electrons. The third-order valence-electron chi connectivity index (χ3n) is 2.56. The fraction of sp³-hybridized carbons (Fsp3) is 0.273. The molecule has 0 saturated carbocycles. The summed E-state index contributed by atoms with van der Waals surface area (Å²) >= 11 is 3.17. The maximum absolute atomic E-state index is 14.3. The van der Waals surface area contributed by atoms with Crippen molar-refractivity contribution in [1.82, 2.24) is 20.2 Å². The zero-order chi connectivity index (χ0) is 15.5. The summed E-state index contributed by atoms with van der Waals surface area (Å²) in [5.41, 5.74) is 0.242. The van der Waals surface area contributed by atoms with Gasteiger partial charge in [0.2, 0.25) is 16.4 Å². The van der Waals surface area contributed by atoms with Crippen LogP contribution >= 0.6 is 15.9 Å². The van der Waals surface area contributed by atoms with Crippen molar-refractivity contribution >= 4 is 26.0 Å². The van der Waals surface area contributed by atoms with Crippen LogP contribution in [0.2, 0.25) is 0 Å². The lowest BCUT2D eigenvalue weighted by Crippen LogP contribution is -2.25. The summed E-state index contributed by atoms with van der Waals surface area (Å²) in [6, 6.07) is 2.72. The zero-order valence-corrected chi connectivity index (χ0v) is 13.3. The first-order valence-corrected chi connectivity index (χ1v) is 8.09. The standard InChI is InChI=1S/C11H12BrFN4O3S/c1-14-4-7-2-8(12)3-9(11(7)13)21(18,19)16-5-10-15-6-20-17-10/h2-3,6,14,16H,4-5H2,1H3. The normalized spacial score (nSPS) is 11.8. The van der Waals surface area contributed by atoms with E-state index in [-0.39, 0.29) is 24.5 Å². The van der Waals surface area contributed by atoms with Crippen LogP contribution in [0.15, 0.2) is 32.4 Å². The van der Waals surface area contributed by atoms with E-state index < -0.39 is 20.7 Å². The molecule has 0 aliphatic heterocycles. The van der Waals surface area contributed by atoms with Crippen molar-refractivity contribution in [2.75, 3.05) is 7.05 Å². The first-order chi connectivity index (χ1) is 9.94. The molecule has 2 N–H and O–H groups in total. The summed E-state index contributed by atoms with van der Waals surface area (Å²) in [5.74, 6) is -0.641. The minimum atomic E-state index is -4.03. The van der Waals surface area contributed by atoms with E-state index in [0.717, 1.165) is 6.39 Å². The van der Waals surface area contributed by atoms with Crippen molar-refractivity contribution in [2.24, 2.45) is 0 Å². The fourth-order valence-electron chi connectivity index (χ4n) is 1.64. The van der Waals surface area contributed by atoms with Crippen LogP contribution in [-0.2, 0) is 23.1 Å². The second-order valence-corrected chi connectivity index (χ2v) is 6.73. The predicted octanol–water partition coefficient (Wildman–Crippen LogP) is 1.17. The van der Waals surface area contributed by atoms with Crippen LogP contribution in [0.5, 0.6) is 0 Å². The lowest BCUT2D eigenvalue weighted by atomic mass is 10.2. The Morgan fingerprint density at radius 2 is 2.14 bits per heavy atom. The van der Waals surface area contributed by atoms with E-state index in [4.69, 9.17) is 0 Å². The quantitative estimate of drug-likeness (QED) is 0.782. The summed E-state index contributed by atoms with van der Waals surface area (Å²) in [5, 5.41) is 6.25. The number of sulfonamides is 1. The van der Waals surface area contributed by atoms with Gasteiger partial charge in [-0.05, 0) is 19.2 Å². The number of hydrogen-bond donors (Lipinski definition) is 2. The number of aromatic nitrogens is 2. The molecule has 0 unspecified atom stereocenters. The summed E-state index contributed by atoms with van der Waals surface area (Å²) in [4.78, 5) is 3.24. The first-order valence-electron chi connectivity index (χ1n) is 5.81. The van der Waals surface area contributed by atoms with Gasteiger partial charge in [-0.1, -0.05) is 21.1 Å². The fourth-order valence-corrected chi connectivity index (χ4v) is 3.42. The van der Waals surface area contributed by atoms with Crippen LogP contribution in [0.4, 0.5) is 4.39 Å². The van der Waals surface area contributed by atoms with Gasteiger partial charge in [-0.2, -0.15) is 4.98 Å². The molecule has 0 bridgehead atoms. The van der Waals surface area contributed by atoms with Gasteiger partial charge in [0.15, 0.2) is 5.82 Å². The van der Waals surface area contributed by atoms with E-state index in [1.54, 1.807) is 7.05 Å². The number of hydrogen-bond acceptors (Lipinski definition) is 6. The van der Waals surface area contributed by atoms with Crippen LogP contribution < -0.4 is 10.0 Å². The van der Waals surface area contributed by atoms with Crippen molar-refractivity contribution in [2.45, 2.75) is 18.0 Å². The number of nitrogens with zero attached hydrogens (tertiary/aromatic N) is 2. The van der Waals surface area contributed by atoms with E-state index in [9.17, 15) is 12.8 Å². The largest absolute Gasteiger partial charge is 0.343 e. The Balaban J connectivity index is 2.30. The average Bonchev–Trinajstić information content (AvgIpc) is 2.94. The second-order valence-electron chi connectivity index (χ2n) is 4.08. The molecule has 0 amide bonds. The van der Waals surface area contributed by atoms with Gasteiger partial charge in [-0.25, -0.2) is 17.5 Å². The molecular weight excluding hydrogens is 367 g/mol. The van der Waals surface area contributed by atoms with Crippen LogP contribution in [0.1, 0.15) is 11.4 Å². The van der Waals surface area contributed by atoms with Gasteiger partial charge in [0.25, 0.3) is 0 Å². The summed E-state index contributed by atoms with van der Waals surface area (Å²) in [6.07, 6.45) is 1.08. The third kappa shape index (κ3) is 3.84. The highest BCUT2D eigenvalue weighted by molar-refractivity contribution is 9.10. The predicted molar refractivity (Wildman–Crippen MR) is 75.2 cm³/mol. The first kappa shape index (κ1) is 16.0. The Hall–Kier alpha value is -1.36. The highest BCUT2D eigenvalue weighted by atomic mass is 79.9. The highest BCUT2D eigenvalue weighted by Gasteiger charge is 2.22. The molecule has 1 aromatic carbocycles. The van der Waals surface area contributed by atoms with Gasteiger partial charge in [0.1, 0.15) is 10.7 Å². The summed E-state index contributed by atoms with van der Waals surface area (Å²) in [7, 11) is -2.39. The van der Waals surface area contributed by atoms with Gasteiger partial charge < -0.3 is 9.84 Å². The van der Waals surface area contributed by atoms with E-state index in [2.05, 4.69) is 40.6 Å². The maximum atomic E-state index is 14.3. The SMILES string of the molecule is CNCc1cc(Br)cc(S(=O)(=O)NCc2ncon2)c1F. The molecule has 21 heavy (non-hydrogen) atoms. The number of rotatable bonds is 6. The molecule has 1 heterocycles. The maximum Gasteiger partial charge on any atom is 0.243 e. The van der Waals surface area contributed by atoms with E-state index in [0.29, 0.717) is 4.47 Å². The molecule has 2 aromatic rings. The summed E-state index contributed by atoms with van der Waals surface area (Å²) in [6.45, 7) is 0.0186. The number of nitrogens with one attached hydrogen (secondary N) is 2.